The number of aromatic nitrogens is 1. The van der Waals surface area contributed by atoms with E-state index in [2.05, 4.69) is 14.7 Å². The van der Waals surface area contributed by atoms with Crippen LogP contribution in [0.4, 0.5) is 10.1 Å². The number of nitrogens with two attached hydrogens (primary N) is 1. The Morgan fingerprint density at radius 3 is 2.37 bits per heavy atom. The van der Waals surface area contributed by atoms with E-state index >= 15 is 0 Å². The van der Waals surface area contributed by atoms with E-state index < -0.39 is 0 Å². The van der Waals surface area contributed by atoms with Gasteiger partial charge in [-0.1, -0.05) is 30.3 Å². The third-order valence-electron chi connectivity index (χ3n) is 5.65. The van der Waals surface area contributed by atoms with Gasteiger partial charge in [0, 0.05) is 48.2 Å². The fourth-order valence-corrected chi connectivity index (χ4v) is 4.11. The summed E-state index contributed by atoms with van der Waals surface area (Å²) in [5.41, 5.74) is 12.9. The predicted octanol–water partition coefficient (Wildman–Crippen LogP) is 5.21. The Balaban J connectivity index is 1.86. The van der Waals surface area contributed by atoms with Gasteiger partial charge in [0.05, 0.1) is 5.69 Å². The maximum absolute atomic E-state index is 14.2. The minimum Gasteiger partial charge on any atom is -0.370 e. The fourth-order valence-electron chi connectivity index (χ4n) is 4.11. The fraction of sp³-hybridized carbons (Fsp3) is 0.280. The number of hydrogen-bond acceptors (Lipinski definition) is 3. The standard InChI is InChI=1S/C25H25FN4/c1-17-11-20(13-21(26)12-17)24-16-29-15-23(19-5-3-18(4-6-19)14-28-2)25(24)30-9-7-22(27)8-10-30/h3-6,11-13,15-16,22H,7-10,14,27H2,1H3. The van der Waals surface area contributed by atoms with E-state index in [1.165, 1.54) is 6.07 Å². The molecule has 30 heavy (non-hydrogen) atoms. The molecule has 0 saturated carbocycles. The van der Waals surface area contributed by atoms with Gasteiger partial charge in [0.15, 0.2) is 0 Å². The lowest BCUT2D eigenvalue weighted by Gasteiger charge is -2.35. The summed E-state index contributed by atoms with van der Waals surface area (Å²) in [6.07, 6.45) is 5.55. The number of halogens is 1. The van der Waals surface area contributed by atoms with Crippen molar-refractivity contribution in [3.63, 3.8) is 0 Å². The molecule has 5 heteroatoms. The van der Waals surface area contributed by atoms with Gasteiger partial charge >= 0.3 is 0 Å². The summed E-state index contributed by atoms with van der Waals surface area (Å²) in [7, 11) is 0. The molecule has 0 bridgehead atoms. The summed E-state index contributed by atoms with van der Waals surface area (Å²) in [4.78, 5) is 10.3. The molecule has 152 valence electrons. The van der Waals surface area contributed by atoms with E-state index in [1.807, 2.05) is 49.6 Å². The third-order valence-corrected chi connectivity index (χ3v) is 5.65. The zero-order valence-electron chi connectivity index (χ0n) is 17.1. The average molecular weight is 401 g/mol. The van der Waals surface area contributed by atoms with Crippen molar-refractivity contribution in [2.45, 2.75) is 32.4 Å². The Labute approximate surface area is 177 Å². The molecule has 4 rings (SSSR count). The first-order chi connectivity index (χ1) is 14.5. The monoisotopic (exact) mass is 400 g/mol. The van der Waals surface area contributed by atoms with Crippen molar-refractivity contribution in [1.29, 1.82) is 0 Å². The van der Waals surface area contributed by atoms with Crippen LogP contribution in [-0.4, -0.2) is 24.1 Å². The molecule has 2 N–H and O–H groups in total. The van der Waals surface area contributed by atoms with Gasteiger partial charge in [0.1, 0.15) is 5.82 Å². The number of pyridine rings is 1. The van der Waals surface area contributed by atoms with Gasteiger partial charge in [-0.15, -0.1) is 0 Å². The second-order valence-corrected chi connectivity index (χ2v) is 7.94. The summed E-state index contributed by atoms with van der Waals surface area (Å²) >= 11 is 0. The van der Waals surface area contributed by atoms with E-state index in [9.17, 15) is 4.39 Å². The third kappa shape index (κ3) is 4.19. The van der Waals surface area contributed by atoms with Crippen LogP contribution >= 0.6 is 0 Å². The minimum absolute atomic E-state index is 0.222. The van der Waals surface area contributed by atoms with Gasteiger partial charge in [-0.05, 0) is 48.6 Å². The number of nitrogens with zero attached hydrogens (tertiary/aromatic N) is 3. The summed E-state index contributed by atoms with van der Waals surface area (Å²) in [6, 6.07) is 13.4. The molecule has 0 unspecified atom stereocenters. The lowest BCUT2D eigenvalue weighted by molar-refractivity contribution is 0.501. The quantitative estimate of drug-likeness (QED) is 0.612. The molecule has 0 spiro atoms. The largest absolute Gasteiger partial charge is 0.370 e. The van der Waals surface area contributed by atoms with Crippen molar-refractivity contribution in [1.82, 2.24) is 4.98 Å². The van der Waals surface area contributed by atoms with E-state index in [1.54, 1.807) is 6.07 Å². The lowest BCUT2D eigenvalue weighted by atomic mass is 9.94. The number of piperidine rings is 1. The number of rotatable bonds is 4. The van der Waals surface area contributed by atoms with E-state index in [4.69, 9.17) is 12.3 Å². The maximum Gasteiger partial charge on any atom is 0.239 e. The summed E-state index contributed by atoms with van der Waals surface area (Å²) in [5.74, 6) is -0.245. The van der Waals surface area contributed by atoms with E-state index in [-0.39, 0.29) is 11.9 Å². The van der Waals surface area contributed by atoms with Gasteiger partial charge in [0.2, 0.25) is 6.54 Å². The number of aryl methyl sites for hydroxylation is 1. The molecule has 0 aliphatic carbocycles. The highest BCUT2D eigenvalue weighted by molar-refractivity contribution is 5.90. The van der Waals surface area contributed by atoms with E-state index in [0.29, 0.717) is 6.54 Å². The van der Waals surface area contributed by atoms with Crippen molar-refractivity contribution < 1.29 is 4.39 Å². The molecule has 0 atom stereocenters. The van der Waals surface area contributed by atoms with Crippen molar-refractivity contribution in [2.24, 2.45) is 5.73 Å². The van der Waals surface area contributed by atoms with Gasteiger partial charge in [-0.3, -0.25) is 4.98 Å². The van der Waals surface area contributed by atoms with E-state index in [0.717, 1.165) is 65.0 Å². The highest BCUT2D eigenvalue weighted by Crippen LogP contribution is 2.40. The first-order valence-electron chi connectivity index (χ1n) is 10.2. The highest BCUT2D eigenvalue weighted by atomic mass is 19.1. The number of hydrogen-bond donors (Lipinski definition) is 1. The lowest BCUT2D eigenvalue weighted by Crippen LogP contribution is -2.40. The van der Waals surface area contributed by atoms with Crippen molar-refractivity contribution in [2.75, 3.05) is 18.0 Å². The van der Waals surface area contributed by atoms with Gasteiger partial charge in [0.25, 0.3) is 0 Å². The molecule has 0 amide bonds. The Hall–Kier alpha value is -3.23. The van der Waals surface area contributed by atoms with Crippen LogP contribution < -0.4 is 10.6 Å². The minimum atomic E-state index is -0.245. The molecule has 0 radical (unpaired) electrons. The van der Waals surface area contributed by atoms with Crippen molar-refractivity contribution >= 4 is 5.69 Å². The maximum atomic E-state index is 14.2. The van der Waals surface area contributed by atoms with Crippen molar-refractivity contribution in [3.05, 3.63) is 83.2 Å². The zero-order chi connectivity index (χ0) is 21.1. The van der Waals surface area contributed by atoms with Crippen molar-refractivity contribution in [3.8, 4) is 22.3 Å². The second-order valence-electron chi connectivity index (χ2n) is 7.94. The Morgan fingerprint density at radius 1 is 1.07 bits per heavy atom. The Bertz CT molecular complexity index is 1060. The highest BCUT2D eigenvalue weighted by Gasteiger charge is 2.23. The zero-order valence-corrected chi connectivity index (χ0v) is 17.1. The van der Waals surface area contributed by atoms with Gasteiger partial charge in [-0.25, -0.2) is 11.0 Å². The smallest absolute Gasteiger partial charge is 0.239 e. The average Bonchev–Trinajstić information content (AvgIpc) is 2.74. The topological polar surface area (TPSA) is 46.5 Å². The first-order valence-corrected chi connectivity index (χ1v) is 10.2. The summed E-state index contributed by atoms with van der Waals surface area (Å²) < 4.78 is 14.2. The van der Waals surface area contributed by atoms with Crippen LogP contribution in [0.15, 0.2) is 54.9 Å². The molecule has 2 heterocycles. The van der Waals surface area contributed by atoms with Crippen LogP contribution in [0.3, 0.4) is 0 Å². The SMILES string of the molecule is [C-]#[N+]Cc1ccc(-c2cncc(-c3cc(C)cc(F)c3)c2N2CCC(N)CC2)cc1. The molecule has 1 aliphatic heterocycles. The van der Waals surface area contributed by atoms with Gasteiger partial charge in [-0.2, -0.15) is 0 Å². The molecule has 1 saturated heterocycles. The molecule has 1 aliphatic rings. The first kappa shape index (κ1) is 20.1. The molecular weight excluding hydrogens is 375 g/mol. The Kier molecular flexibility index (Phi) is 5.78. The molecule has 4 nitrogen and oxygen atoms in total. The van der Waals surface area contributed by atoms with Crippen LogP contribution in [-0.2, 0) is 6.54 Å². The number of anilines is 1. The second kappa shape index (κ2) is 8.64. The molecule has 1 fully saturated rings. The molecule has 3 aromatic rings. The molecule has 1 aromatic heterocycles. The van der Waals surface area contributed by atoms with Crippen LogP contribution in [0.5, 0.6) is 0 Å². The normalized spacial score (nSPS) is 14.5. The van der Waals surface area contributed by atoms with Crippen LogP contribution in [0.2, 0.25) is 0 Å². The molecular formula is C25H25FN4. The van der Waals surface area contributed by atoms with Crippen LogP contribution in [0.25, 0.3) is 27.1 Å². The summed E-state index contributed by atoms with van der Waals surface area (Å²) in [5, 5.41) is 0. The van der Waals surface area contributed by atoms with Crippen LogP contribution in [0, 0.1) is 19.3 Å². The summed E-state index contributed by atoms with van der Waals surface area (Å²) in [6.45, 7) is 11.1. The van der Waals surface area contributed by atoms with Gasteiger partial charge < -0.3 is 15.5 Å². The molecule has 2 aromatic carbocycles. The van der Waals surface area contributed by atoms with Crippen LogP contribution in [0.1, 0.15) is 24.0 Å². The number of benzene rings is 2. The Morgan fingerprint density at radius 2 is 1.73 bits per heavy atom. The predicted molar refractivity (Wildman–Crippen MR) is 120 cm³/mol.